The number of anilines is 1. The first-order chi connectivity index (χ1) is 13.4. The first kappa shape index (κ1) is 19.2. The van der Waals surface area contributed by atoms with Crippen molar-refractivity contribution >= 4 is 17.9 Å². The molecule has 0 fully saturated rings. The molecule has 1 aromatic carbocycles. The van der Waals surface area contributed by atoms with Gasteiger partial charge in [0.05, 0.1) is 11.9 Å². The van der Waals surface area contributed by atoms with Gasteiger partial charge >= 0.3 is 0 Å². The molecule has 0 atom stereocenters. The quantitative estimate of drug-likeness (QED) is 0.492. The largest absolute Gasteiger partial charge is 0.378 e. The van der Waals surface area contributed by atoms with E-state index in [-0.39, 0.29) is 23.2 Å². The Labute approximate surface area is 161 Å². The SMILES string of the molecule is CC(C)c1ccc(/C=N\NC(=O)c2nnn(-c3nonc3N)c2C(C)C)cc1. The zero-order valence-corrected chi connectivity index (χ0v) is 16.1. The maximum absolute atomic E-state index is 12.5. The summed E-state index contributed by atoms with van der Waals surface area (Å²) in [7, 11) is 0. The lowest BCUT2D eigenvalue weighted by Gasteiger charge is -2.08. The van der Waals surface area contributed by atoms with Crippen molar-refractivity contribution < 1.29 is 9.42 Å². The standard InChI is InChI=1S/C18H22N8O2/c1-10(2)13-7-5-12(6-8-13)9-20-22-18(27)14-15(11(3)4)26(25-21-14)17-16(19)23-28-24-17/h5-11H,1-4H3,(H2,19,23)(H,22,27)/b20-9-. The lowest BCUT2D eigenvalue weighted by Crippen LogP contribution is -2.21. The second kappa shape index (κ2) is 7.99. The van der Waals surface area contributed by atoms with Gasteiger partial charge in [-0.3, -0.25) is 4.79 Å². The number of hydrogen-bond donors (Lipinski definition) is 2. The lowest BCUT2D eigenvalue weighted by molar-refractivity contribution is 0.0948. The molecule has 146 valence electrons. The molecule has 0 radical (unpaired) electrons. The van der Waals surface area contributed by atoms with E-state index in [9.17, 15) is 4.79 Å². The molecule has 10 nitrogen and oxygen atoms in total. The van der Waals surface area contributed by atoms with Gasteiger partial charge in [0.1, 0.15) is 0 Å². The molecule has 1 amide bonds. The molecule has 2 heterocycles. The highest BCUT2D eigenvalue weighted by atomic mass is 16.6. The Morgan fingerprint density at radius 3 is 2.46 bits per heavy atom. The summed E-state index contributed by atoms with van der Waals surface area (Å²) in [5, 5.41) is 19.2. The Morgan fingerprint density at radius 1 is 1.18 bits per heavy atom. The van der Waals surface area contributed by atoms with Gasteiger partial charge in [0.2, 0.25) is 11.6 Å². The van der Waals surface area contributed by atoms with Crippen molar-refractivity contribution in [2.75, 3.05) is 5.73 Å². The van der Waals surface area contributed by atoms with Crippen LogP contribution in [0, 0.1) is 0 Å². The summed E-state index contributed by atoms with van der Waals surface area (Å²) in [6.07, 6.45) is 1.57. The number of rotatable bonds is 6. The van der Waals surface area contributed by atoms with Crippen LogP contribution >= 0.6 is 0 Å². The molecular formula is C18H22N8O2. The maximum Gasteiger partial charge on any atom is 0.293 e. The van der Waals surface area contributed by atoms with Gasteiger partial charge in [0.25, 0.3) is 5.91 Å². The molecule has 0 saturated heterocycles. The summed E-state index contributed by atoms with van der Waals surface area (Å²) in [4.78, 5) is 12.5. The molecule has 10 heteroatoms. The van der Waals surface area contributed by atoms with Crippen LogP contribution in [0.1, 0.15) is 66.8 Å². The first-order valence-corrected chi connectivity index (χ1v) is 8.85. The number of aromatic nitrogens is 5. The molecule has 0 aliphatic carbocycles. The molecule has 0 aliphatic heterocycles. The molecule has 0 aliphatic rings. The average Bonchev–Trinajstić information content (AvgIpc) is 3.27. The van der Waals surface area contributed by atoms with Crippen LogP contribution in [-0.2, 0) is 0 Å². The Bertz CT molecular complexity index is 985. The highest BCUT2D eigenvalue weighted by Gasteiger charge is 2.25. The third kappa shape index (κ3) is 3.90. The first-order valence-electron chi connectivity index (χ1n) is 8.85. The van der Waals surface area contributed by atoms with Gasteiger partial charge in [-0.2, -0.15) is 9.78 Å². The van der Waals surface area contributed by atoms with E-state index >= 15 is 0 Å². The topological polar surface area (TPSA) is 137 Å². The second-order valence-electron chi connectivity index (χ2n) is 6.88. The molecule has 3 N–H and O–H groups in total. The lowest BCUT2D eigenvalue weighted by atomic mass is 10.0. The van der Waals surface area contributed by atoms with Gasteiger partial charge in [0, 0.05) is 0 Å². The van der Waals surface area contributed by atoms with E-state index in [0.29, 0.717) is 11.6 Å². The average molecular weight is 382 g/mol. The number of hydrazone groups is 1. The smallest absolute Gasteiger partial charge is 0.293 e. The van der Waals surface area contributed by atoms with E-state index in [2.05, 4.69) is 49.6 Å². The Kier molecular flexibility index (Phi) is 5.48. The summed E-state index contributed by atoms with van der Waals surface area (Å²) < 4.78 is 5.95. The van der Waals surface area contributed by atoms with Gasteiger partial charge in [-0.05, 0) is 33.3 Å². The van der Waals surface area contributed by atoms with Gasteiger partial charge in [-0.15, -0.1) is 5.10 Å². The molecule has 3 rings (SSSR count). The van der Waals surface area contributed by atoms with Crippen LogP contribution < -0.4 is 11.2 Å². The van der Waals surface area contributed by atoms with E-state index in [1.165, 1.54) is 10.2 Å². The van der Waals surface area contributed by atoms with Crippen LogP contribution in [-0.4, -0.2) is 37.4 Å². The Hall–Kier alpha value is -3.56. The summed E-state index contributed by atoms with van der Waals surface area (Å²) in [5.41, 5.74) is 11.0. The summed E-state index contributed by atoms with van der Waals surface area (Å²) in [6.45, 7) is 8.06. The number of amides is 1. The van der Waals surface area contributed by atoms with Crippen LogP contribution in [0.4, 0.5) is 5.82 Å². The summed E-state index contributed by atoms with van der Waals surface area (Å²) in [6, 6.07) is 7.96. The molecule has 28 heavy (non-hydrogen) atoms. The fourth-order valence-corrected chi connectivity index (χ4v) is 2.65. The van der Waals surface area contributed by atoms with Crippen molar-refractivity contribution in [2.24, 2.45) is 5.10 Å². The van der Waals surface area contributed by atoms with Crippen molar-refractivity contribution in [3.05, 3.63) is 46.8 Å². The van der Waals surface area contributed by atoms with Crippen LogP contribution in [0.5, 0.6) is 0 Å². The highest BCUT2D eigenvalue weighted by Crippen LogP contribution is 2.22. The second-order valence-corrected chi connectivity index (χ2v) is 6.88. The van der Waals surface area contributed by atoms with Crippen LogP contribution in [0.25, 0.3) is 5.82 Å². The number of nitrogen functional groups attached to an aromatic ring is 1. The number of nitrogens with one attached hydrogen (secondary N) is 1. The van der Waals surface area contributed by atoms with E-state index in [1.54, 1.807) is 6.21 Å². The normalized spacial score (nSPS) is 11.6. The molecule has 2 aromatic heterocycles. The highest BCUT2D eigenvalue weighted by molar-refractivity contribution is 5.94. The minimum absolute atomic E-state index is 0.0571. The van der Waals surface area contributed by atoms with Crippen LogP contribution in [0.15, 0.2) is 34.0 Å². The molecule has 3 aromatic rings. The summed E-state index contributed by atoms with van der Waals surface area (Å²) in [5.74, 6) is 0.127. The molecular weight excluding hydrogens is 360 g/mol. The predicted octanol–water partition coefficient (Wildman–Crippen LogP) is 2.24. The van der Waals surface area contributed by atoms with E-state index in [1.807, 2.05) is 38.1 Å². The predicted molar refractivity (Wildman–Crippen MR) is 103 cm³/mol. The monoisotopic (exact) mass is 382 g/mol. The van der Waals surface area contributed by atoms with Crippen LogP contribution in [0.3, 0.4) is 0 Å². The third-order valence-electron chi connectivity index (χ3n) is 4.15. The number of carbonyl (C=O) groups is 1. The molecule has 0 bridgehead atoms. The third-order valence-corrected chi connectivity index (χ3v) is 4.15. The number of nitrogens with two attached hydrogens (primary N) is 1. The molecule has 0 unspecified atom stereocenters. The zero-order chi connectivity index (χ0) is 20.3. The van der Waals surface area contributed by atoms with E-state index in [4.69, 9.17) is 5.73 Å². The molecule has 0 saturated carbocycles. The number of nitrogens with zero attached hydrogens (tertiary/aromatic N) is 6. The van der Waals surface area contributed by atoms with Crippen molar-refractivity contribution in [2.45, 2.75) is 39.5 Å². The maximum atomic E-state index is 12.5. The Morgan fingerprint density at radius 2 is 1.89 bits per heavy atom. The van der Waals surface area contributed by atoms with Gasteiger partial charge in [-0.1, -0.05) is 57.2 Å². The zero-order valence-electron chi connectivity index (χ0n) is 16.1. The fraction of sp³-hybridized carbons (Fsp3) is 0.333. The van der Waals surface area contributed by atoms with Gasteiger partial charge in [0.15, 0.2) is 5.69 Å². The van der Waals surface area contributed by atoms with Gasteiger partial charge in [-0.25, -0.2) is 10.1 Å². The van der Waals surface area contributed by atoms with E-state index < -0.39 is 5.91 Å². The van der Waals surface area contributed by atoms with Crippen molar-refractivity contribution in [3.8, 4) is 5.82 Å². The van der Waals surface area contributed by atoms with E-state index in [0.717, 1.165) is 5.56 Å². The number of carbonyl (C=O) groups excluding carboxylic acids is 1. The number of hydrogen-bond acceptors (Lipinski definition) is 8. The van der Waals surface area contributed by atoms with Crippen molar-refractivity contribution in [1.82, 2.24) is 30.7 Å². The number of benzene rings is 1. The fourth-order valence-electron chi connectivity index (χ4n) is 2.65. The van der Waals surface area contributed by atoms with Crippen molar-refractivity contribution in [1.29, 1.82) is 0 Å². The molecule has 0 spiro atoms. The minimum atomic E-state index is -0.486. The van der Waals surface area contributed by atoms with Gasteiger partial charge < -0.3 is 5.73 Å². The van der Waals surface area contributed by atoms with Crippen LogP contribution in [0.2, 0.25) is 0 Å². The van der Waals surface area contributed by atoms with Crippen molar-refractivity contribution in [3.63, 3.8) is 0 Å². The summed E-state index contributed by atoms with van der Waals surface area (Å²) >= 11 is 0. The Balaban J connectivity index is 1.77. The minimum Gasteiger partial charge on any atom is -0.378 e.